The maximum absolute atomic E-state index is 12.3. The molecule has 2 aliphatic rings. The molecule has 1 aromatic carbocycles. The Morgan fingerprint density at radius 3 is 2.95 bits per heavy atom. The smallest absolute Gasteiger partial charge is 0.227 e. The molecule has 2 amide bonds. The third kappa shape index (κ3) is 3.14. The Balaban J connectivity index is 1.55. The van der Waals surface area contributed by atoms with E-state index < -0.39 is 0 Å². The summed E-state index contributed by atoms with van der Waals surface area (Å²) in [4.78, 5) is 26.3. The van der Waals surface area contributed by atoms with Crippen LogP contribution in [0.5, 0.6) is 0 Å². The molecule has 0 aromatic heterocycles. The Bertz CT molecular complexity index is 567. The lowest BCUT2D eigenvalue weighted by Gasteiger charge is -2.27. The molecule has 0 spiro atoms. The number of fused-ring (bicyclic) bond motifs is 1. The normalized spacial score (nSPS) is 23.8. The lowest BCUT2D eigenvalue weighted by molar-refractivity contribution is -0.132. The number of benzene rings is 1. The van der Waals surface area contributed by atoms with Crippen LogP contribution >= 0.6 is 0 Å². The van der Waals surface area contributed by atoms with E-state index in [1.54, 1.807) is 0 Å². The first-order valence-corrected chi connectivity index (χ1v) is 8.00. The van der Waals surface area contributed by atoms with Gasteiger partial charge >= 0.3 is 0 Å². The van der Waals surface area contributed by atoms with Crippen molar-refractivity contribution in [1.29, 1.82) is 0 Å². The molecule has 2 N–H and O–H groups in total. The summed E-state index contributed by atoms with van der Waals surface area (Å²) in [5.41, 5.74) is 2.07. The maximum atomic E-state index is 12.3. The van der Waals surface area contributed by atoms with Crippen molar-refractivity contribution < 1.29 is 9.59 Å². The quantitative estimate of drug-likeness (QED) is 0.883. The van der Waals surface area contributed by atoms with Gasteiger partial charge in [0.25, 0.3) is 0 Å². The largest absolute Gasteiger partial charge is 0.341 e. The van der Waals surface area contributed by atoms with Gasteiger partial charge in [0.1, 0.15) is 0 Å². The molecular weight excluding hydrogens is 278 g/mol. The summed E-state index contributed by atoms with van der Waals surface area (Å²) >= 11 is 0. The van der Waals surface area contributed by atoms with E-state index in [0.29, 0.717) is 18.9 Å². The molecule has 2 atom stereocenters. The van der Waals surface area contributed by atoms with Crippen LogP contribution in [-0.2, 0) is 16.0 Å². The number of rotatable bonds is 4. The van der Waals surface area contributed by atoms with Crippen molar-refractivity contribution in [2.75, 3.05) is 25.5 Å². The summed E-state index contributed by atoms with van der Waals surface area (Å²) < 4.78 is 0. The minimum Gasteiger partial charge on any atom is -0.341 e. The van der Waals surface area contributed by atoms with Gasteiger partial charge in [0.2, 0.25) is 11.8 Å². The van der Waals surface area contributed by atoms with Crippen molar-refractivity contribution >= 4 is 17.5 Å². The van der Waals surface area contributed by atoms with Gasteiger partial charge in [-0.3, -0.25) is 9.59 Å². The fraction of sp³-hybridized carbons (Fsp3) is 0.529. The van der Waals surface area contributed by atoms with Crippen molar-refractivity contribution in [3.05, 3.63) is 29.8 Å². The average Bonchev–Trinajstić information content (AvgIpc) is 3.06. The number of hydrogen-bond acceptors (Lipinski definition) is 3. The number of hydrogen-bond donors (Lipinski definition) is 2. The fourth-order valence-corrected chi connectivity index (χ4v) is 3.29. The monoisotopic (exact) mass is 301 g/mol. The molecule has 118 valence electrons. The van der Waals surface area contributed by atoms with Crippen molar-refractivity contribution in [3.63, 3.8) is 0 Å². The molecular formula is C17H23N3O2. The van der Waals surface area contributed by atoms with E-state index in [0.717, 1.165) is 37.2 Å². The standard InChI is InChI=1S/C17H23N3O2/c1-20(14-8-9-18-11-14)16(21)7-6-13-10-12-4-2-3-5-15(12)19-17(13)22/h2-5,13-14,18H,6-11H2,1H3,(H,19,22). The van der Waals surface area contributed by atoms with Gasteiger partial charge in [-0.15, -0.1) is 0 Å². The van der Waals surface area contributed by atoms with Crippen LogP contribution in [0.1, 0.15) is 24.8 Å². The number of carbonyl (C=O) groups is 2. The minimum atomic E-state index is -0.103. The topological polar surface area (TPSA) is 61.4 Å². The Morgan fingerprint density at radius 1 is 1.36 bits per heavy atom. The first-order chi connectivity index (χ1) is 10.6. The van der Waals surface area contributed by atoms with E-state index in [2.05, 4.69) is 10.6 Å². The van der Waals surface area contributed by atoms with Gasteiger partial charge < -0.3 is 15.5 Å². The second-order valence-electron chi connectivity index (χ2n) is 6.24. The van der Waals surface area contributed by atoms with Gasteiger partial charge in [-0.1, -0.05) is 18.2 Å². The van der Waals surface area contributed by atoms with Gasteiger partial charge in [0.05, 0.1) is 0 Å². The van der Waals surface area contributed by atoms with Crippen LogP contribution in [0, 0.1) is 5.92 Å². The third-order valence-corrected chi connectivity index (χ3v) is 4.79. The number of nitrogens with zero attached hydrogens (tertiary/aromatic N) is 1. The fourth-order valence-electron chi connectivity index (χ4n) is 3.29. The van der Waals surface area contributed by atoms with Gasteiger partial charge in [-0.05, 0) is 37.4 Å². The molecule has 0 radical (unpaired) electrons. The number of nitrogens with one attached hydrogen (secondary N) is 2. The number of likely N-dealkylation sites (N-methyl/N-ethyl adjacent to an activating group) is 1. The highest BCUT2D eigenvalue weighted by molar-refractivity contribution is 5.96. The Labute approximate surface area is 131 Å². The molecule has 0 aliphatic carbocycles. The van der Waals surface area contributed by atoms with E-state index >= 15 is 0 Å². The zero-order chi connectivity index (χ0) is 15.5. The van der Waals surface area contributed by atoms with Crippen LogP contribution in [0.4, 0.5) is 5.69 Å². The zero-order valence-corrected chi connectivity index (χ0v) is 13.0. The summed E-state index contributed by atoms with van der Waals surface area (Å²) in [5, 5.41) is 6.22. The first-order valence-electron chi connectivity index (χ1n) is 8.00. The predicted molar refractivity (Wildman–Crippen MR) is 85.5 cm³/mol. The van der Waals surface area contributed by atoms with Gasteiger partial charge in [0, 0.05) is 37.7 Å². The predicted octanol–water partition coefficient (Wildman–Crippen LogP) is 1.40. The van der Waals surface area contributed by atoms with Crippen LogP contribution in [0.3, 0.4) is 0 Å². The lowest BCUT2D eigenvalue weighted by atomic mass is 9.89. The molecule has 0 bridgehead atoms. The average molecular weight is 301 g/mol. The van der Waals surface area contributed by atoms with Crippen molar-refractivity contribution in [2.24, 2.45) is 5.92 Å². The second kappa shape index (κ2) is 6.48. The van der Waals surface area contributed by atoms with Crippen LogP contribution in [0.2, 0.25) is 0 Å². The Kier molecular flexibility index (Phi) is 4.43. The summed E-state index contributed by atoms with van der Waals surface area (Å²) in [6.45, 7) is 1.85. The number of carbonyl (C=O) groups excluding carboxylic acids is 2. The molecule has 1 aromatic rings. The zero-order valence-electron chi connectivity index (χ0n) is 13.0. The van der Waals surface area contributed by atoms with Crippen molar-refractivity contribution in [1.82, 2.24) is 10.2 Å². The van der Waals surface area contributed by atoms with E-state index in [9.17, 15) is 9.59 Å². The SMILES string of the molecule is CN(C(=O)CCC1Cc2ccccc2NC1=O)C1CCNC1. The summed E-state index contributed by atoms with van der Waals surface area (Å²) in [6.07, 6.45) is 2.79. The molecule has 3 rings (SSSR count). The third-order valence-electron chi connectivity index (χ3n) is 4.79. The van der Waals surface area contributed by atoms with Crippen LogP contribution in [-0.4, -0.2) is 42.9 Å². The van der Waals surface area contributed by atoms with E-state index in [1.165, 1.54) is 0 Å². The highest BCUT2D eigenvalue weighted by Gasteiger charge is 2.28. The van der Waals surface area contributed by atoms with Crippen LogP contribution in [0.15, 0.2) is 24.3 Å². The van der Waals surface area contributed by atoms with E-state index in [1.807, 2.05) is 36.2 Å². The van der Waals surface area contributed by atoms with Crippen molar-refractivity contribution in [2.45, 2.75) is 31.7 Å². The molecule has 0 saturated carbocycles. The first kappa shape index (κ1) is 15.0. The summed E-state index contributed by atoms with van der Waals surface area (Å²) in [7, 11) is 1.87. The highest BCUT2D eigenvalue weighted by Crippen LogP contribution is 2.27. The number of anilines is 1. The van der Waals surface area contributed by atoms with E-state index in [-0.39, 0.29) is 17.7 Å². The Morgan fingerprint density at radius 2 is 2.18 bits per heavy atom. The molecule has 1 fully saturated rings. The minimum absolute atomic E-state index is 0.0386. The lowest BCUT2D eigenvalue weighted by Crippen LogP contribution is -2.39. The molecule has 2 aliphatic heterocycles. The van der Waals surface area contributed by atoms with Gasteiger partial charge in [-0.25, -0.2) is 0 Å². The number of para-hydroxylation sites is 1. The molecule has 5 heteroatoms. The molecule has 22 heavy (non-hydrogen) atoms. The highest BCUT2D eigenvalue weighted by atomic mass is 16.2. The molecule has 2 unspecified atom stereocenters. The molecule has 5 nitrogen and oxygen atoms in total. The van der Waals surface area contributed by atoms with E-state index in [4.69, 9.17) is 0 Å². The summed E-state index contributed by atoms with van der Waals surface area (Å²) in [5.74, 6) is 0.0750. The molecule has 2 heterocycles. The van der Waals surface area contributed by atoms with Gasteiger partial charge in [0.15, 0.2) is 0 Å². The maximum Gasteiger partial charge on any atom is 0.227 e. The van der Waals surface area contributed by atoms with Crippen LogP contribution in [0.25, 0.3) is 0 Å². The second-order valence-corrected chi connectivity index (χ2v) is 6.24. The summed E-state index contributed by atoms with van der Waals surface area (Å²) in [6, 6.07) is 8.18. The Hall–Kier alpha value is -1.88. The number of amides is 2. The van der Waals surface area contributed by atoms with Crippen LogP contribution < -0.4 is 10.6 Å². The van der Waals surface area contributed by atoms with Gasteiger partial charge in [-0.2, -0.15) is 0 Å². The molecule has 1 saturated heterocycles. The van der Waals surface area contributed by atoms with Crippen molar-refractivity contribution in [3.8, 4) is 0 Å².